The molecule has 0 aliphatic rings. The van der Waals surface area contributed by atoms with Crippen LogP contribution in [0.1, 0.15) is 50.9 Å². The Morgan fingerprint density at radius 3 is 2.15 bits per heavy atom. The number of rotatable bonds is 13. The second-order valence-electron chi connectivity index (χ2n) is 7.61. The first-order valence-corrected chi connectivity index (χ1v) is 12.7. The van der Waals surface area contributed by atoms with E-state index in [0.717, 1.165) is 25.1 Å². The molecule has 9 heteroatoms. The number of nitrogens with one attached hydrogen (secondary N) is 3. The summed E-state index contributed by atoms with van der Waals surface area (Å²) in [4.78, 5) is 24.0. The second kappa shape index (κ2) is 12.4. The summed E-state index contributed by atoms with van der Waals surface area (Å²) in [5, 5.41) is 9.14. The summed E-state index contributed by atoms with van der Waals surface area (Å²) in [5.74, 6) is -0.334. The van der Waals surface area contributed by atoms with E-state index < -0.39 is 10.0 Å². The van der Waals surface area contributed by atoms with Crippen LogP contribution in [0.15, 0.2) is 47.4 Å². The lowest BCUT2D eigenvalue weighted by atomic mass is 10.1. The molecule has 0 saturated heterocycles. The number of benzene rings is 2. The molecule has 2 aromatic carbocycles. The van der Waals surface area contributed by atoms with Crippen LogP contribution in [0.4, 0.5) is 17.1 Å². The lowest BCUT2D eigenvalue weighted by Gasteiger charge is -2.20. The molecule has 0 heterocycles. The molecule has 33 heavy (non-hydrogen) atoms. The predicted molar refractivity (Wildman–Crippen MR) is 134 cm³/mol. The number of anilines is 3. The molecule has 0 aromatic heterocycles. The maximum absolute atomic E-state index is 12.9. The van der Waals surface area contributed by atoms with Crippen molar-refractivity contribution in [3.63, 3.8) is 0 Å². The topological polar surface area (TPSA) is 108 Å². The number of sulfonamides is 1. The third-order valence-electron chi connectivity index (χ3n) is 5.19. The quantitative estimate of drug-likeness (QED) is 0.297. The zero-order chi connectivity index (χ0) is 24.4. The molecule has 0 aliphatic carbocycles. The minimum absolute atomic E-state index is 0.0443. The lowest BCUT2D eigenvalue weighted by Crippen LogP contribution is -2.30. The van der Waals surface area contributed by atoms with Crippen LogP contribution in [-0.4, -0.2) is 50.6 Å². The van der Waals surface area contributed by atoms with Crippen LogP contribution in [0.2, 0.25) is 0 Å². The summed E-state index contributed by atoms with van der Waals surface area (Å²) < 4.78 is 27.3. The number of hydrogen-bond acceptors (Lipinski definition) is 6. The van der Waals surface area contributed by atoms with E-state index in [4.69, 9.17) is 0 Å². The smallest absolute Gasteiger partial charge is 0.243 e. The summed E-state index contributed by atoms with van der Waals surface area (Å²) in [5.41, 5.74) is 2.42. The third kappa shape index (κ3) is 7.30. The van der Waals surface area contributed by atoms with Crippen molar-refractivity contribution in [2.24, 2.45) is 0 Å². The van der Waals surface area contributed by atoms with E-state index in [1.807, 2.05) is 0 Å². The zero-order valence-electron chi connectivity index (χ0n) is 19.8. The molecule has 0 atom stereocenters. The number of amides is 1. The first kappa shape index (κ1) is 26.3. The zero-order valence-corrected chi connectivity index (χ0v) is 20.6. The van der Waals surface area contributed by atoms with Crippen molar-refractivity contribution >= 4 is 38.8 Å². The molecule has 0 saturated carbocycles. The minimum Gasteiger partial charge on any atom is -0.383 e. The van der Waals surface area contributed by atoms with E-state index in [1.165, 1.54) is 11.2 Å². The molecule has 0 bridgehead atoms. The lowest BCUT2D eigenvalue weighted by molar-refractivity contribution is -0.114. The largest absolute Gasteiger partial charge is 0.383 e. The van der Waals surface area contributed by atoms with E-state index in [0.29, 0.717) is 30.0 Å². The predicted octanol–water partition coefficient (Wildman–Crippen LogP) is 4.18. The summed E-state index contributed by atoms with van der Waals surface area (Å²) >= 11 is 0. The number of hydrogen-bond donors (Lipinski definition) is 3. The summed E-state index contributed by atoms with van der Waals surface area (Å²) in [6.45, 7) is 8.62. The van der Waals surface area contributed by atoms with Gasteiger partial charge in [0.25, 0.3) is 0 Å². The highest BCUT2D eigenvalue weighted by Gasteiger charge is 2.22. The van der Waals surface area contributed by atoms with Crippen molar-refractivity contribution in [1.82, 2.24) is 4.31 Å². The first-order chi connectivity index (χ1) is 15.7. The fourth-order valence-corrected chi connectivity index (χ4v) is 4.75. The van der Waals surface area contributed by atoms with Crippen molar-refractivity contribution in [1.29, 1.82) is 0 Å². The maximum atomic E-state index is 12.9. The number of nitrogens with zero attached hydrogens (tertiary/aromatic N) is 1. The normalized spacial score (nSPS) is 11.3. The van der Waals surface area contributed by atoms with Gasteiger partial charge in [0.15, 0.2) is 5.78 Å². The molecule has 0 radical (unpaired) electrons. The molecule has 8 nitrogen and oxygen atoms in total. The summed E-state index contributed by atoms with van der Waals surface area (Å²) in [6.07, 6.45) is 1.99. The van der Waals surface area contributed by atoms with Gasteiger partial charge in [-0.3, -0.25) is 9.59 Å². The molecule has 0 spiro atoms. The van der Waals surface area contributed by atoms with Crippen molar-refractivity contribution in [3.05, 3.63) is 48.0 Å². The number of unbranched alkanes of at least 4 members (excludes halogenated alkanes) is 1. The fourth-order valence-electron chi connectivity index (χ4n) is 3.27. The SMILES string of the molecule is CCCCNc1ccc(S(=O)(=O)N(CC)CC)cc1NCC(=O)Nc1ccc(C(C)=O)cc1. The highest BCUT2D eigenvalue weighted by molar-refractivity contribution is 7.89. The van der Waals surface area contributed by atoms with E-state index in [-0.39, 0.29) is 23.1 Å². The van der Waals surface area contributed by atoms with Crippen LogP contribution < -0.4 is 16.0 Å². The molecule has 0 aliphatic heterocycles. The van der Waals surface area contributed by atoms with Crippen LogP contribution in [-0.2, 0) is 14.8 Å². The molecule has 1 amide bonds. The molecule has 180 valence electrons. The Kier molecular flexibility index (Phi) is 9.87. The van der Waals surface area contributed by atoms with Crippen LogP contribution in [0.3, 0.4) is 0 Å². The van der Waals surface area contributed by atoms with Gasteiger partial charge >= 0.3 is 0 Å². The van der Waals surface area contributed by atoms with Crippen LogP contribution in [0.5, 0.6) is 0 Å². The van der Waals surface area contributed by atoms with Gasteiger partial charge in [-0.2, -0.15) is 4.31 Å². The minimum atomic E-state index is -3.63. The molecule has 2 rings (SSSR count). The van der Waals surface area contributed by atoms with Gasteiger partial charge in [-0.25, -0.2) is 8.42 Å². The maximum Gasteiger partial charge on any atom is 0.243 e. The van der Waals surface area contributed by atoms with Gasteiger partial charge in [0.05, 0.1) is 22.8 Å². The monoisotopic (exact) mass is 474 g/mol. The van der Waals surface area contributed by atoms with Gasteiger partial charge in [0, 0.05) is 30.9 Å². The Morgan fingerprint density at radius 2 is 1.58 bits per heavy atom. The van der Waals surface area contributed by atoms with Crippen LogP contribution in [0, 0.1) is 0 Å². The molecule has 0 unspecified atom stereocenters. The van der Waals surface area contributed by atoms with Crippen molar-refractivity contribution in [3.8, 4) is 0 Å². The fraction of sp³-hybridized carbons (Fsp3) is 0.417. The van der Waals surface area contributed by atoms with Gasteiger partial charge in [-0.1, -0.05) is 27.2 Å². The average Bonchev–Trinajstić information content (AvgIpc) is 2.79. The van der Waals surface area contributed by atoms with Crippen molar-refractivity contribution in [2.75, 3.05) is 42.1 Å². The summed E-state index contributed by atoms with van der Waals surface area (Å²) in [7, 11) is -3.63. The number of carbonyl (C=O) groups excluding carboxylic acids is 2. The number of ketones is 1. The highest BCUT2D eigenvalue weighted by Crippen LogP contribution is 2.27. The molecule has 2 aromatic rings. The average molecular weight is 475 g/mol. The van der Waals surface area contributed by atoms with E-state index in [2.05, 4.69) is 22.9 Å². The van der Waals surface area contributed by atoms with Gasteiger partial charge in [0.2, 0.25) is 15.9 Å². The Balaban J connectivity index is 2.18. The van der Waals surface area contributed by atoms with Gasteiger partial charge in [-0.05, 0) is 55.8 Å². The Bertz CT molecular complexity index is 1050. The Labute approximate surface area is 196 Å². The van der Waals surface area contributed by atoms with Gasteiger partial charge in [-0.15, -0.1) is 0 Å². The van der Waals surface area contributed by atoms with E-state index in [9.17, 15) is 18.0 Å². The van der Waals surface area contributed by atoms with Crippen molar-refractivity contribution in [2.45, 2.75) is 45.4 Å². The van der Waals surface area contributed by atoms with E-state index >= 15 is 0 Å². The number of Topliss-reactive ketones (excluding diaryl/α,β-unsaturated/α-hetero) is 1. The molecular formula is C24H34N4O4S. The highest BCUT2D eigenvalue weighted by atomic mass is 32.2. The van der Waals surface area contributed by atoms with Crippen molar-refractivity contribution < 1.29 is 18.0 Å². The second-order valence-corrected chi connectivity index (χ2v) is 9.55. The molecule has 0 fully saturated rings. The Hall–Kier alpha value is -2.91. The summed E-state index contributed by atoms with van der Waals surface area (Å²) in [6, 6.07) is 11.5. The van der Waals surface area contributed by atoms with Gasteiger partial charge in [0.1, 0.15) is 0 Å². The Morgan fingerprint density at radius 1 is 0.909 bits per heavy atom. The van der Waals surface area contributed by atoms with Gasteiger partial charge < -0.3 is 16.0 Å². The first-order valence-electron chi connectivity index (χ1n) is 11.3. The third-order valence-corrected chi connectivity index (χ3v) is 7.24. The van der Waals surface area contributed by atoms with Crippen LogP contribution in [0.25, 0.3) is 0 Å². The number of carbonyl (C=O) groups is 2. The molecular weight excluding hydrogens is 440 g/mol. The standard InChI is InChI=1S/C24H34N4O4S/c1-5-8-15-25-22-14-13-21(33(31,32)28(6-2)7-3)16-23(22)26-17-24(30)27-20-11-9-19(10-12-20)18(4)29/h9-14,16,25-26H,5-8,15,17H2,1-4H3,(H,27,30). The van der Waals surface area contributed by atoms with E-state index in [1.54, 1.807) is 56.3 Å². The molecule has 3 N–H and O–H groups in total. The van der Waals surface area contributed by atoms with Crippen LogP contribution >= 0.6 is 0 Å².